The molecule has 4 nitrogen and oxygen atoms in total. The molecule has 0 fully saturated rings. The van der Waals surface area contributed by atoms with Crippen LogP contribution >= 0.6 is 0 Å². The number of nitrogens with zero attached hydrogens (tertiary/aromatic N) is 3. The molecule has 1 heterocycles. The van der Waals surface area contributed by atoms with Crippen LogP contribution in [-0.4, -0.2) is 21.6 Å². The zero-order chi connectivity index (χ0) is 14.8. The third kappa shape index (κ3) is 5.46. The summed E-state index contributed by atoms with van der Waals surface area (Å²) in [5.74, 6) is 0. The lowest BCUT2D eigenvalue weighted by molar-refractivity contribution is 0.0675. The summed E-state index contributed by atoms with van der Waals surface area (Å²) in [6, 6.07) is 7.97. The minimum absolute atomic E-state index is 0.497. The first kappa shape index (κ1) is 16.0. The molecule has 2 aromatic rings. The van der Waals surface area contributed by atoms with E-state index in [0.29, 0.717) is 6.73 Å². The van der Waals surface area contributed by atoms with Crippen molar-refractivity contribution in [3.8, 4) is 0 Å². The maximum absolute atomic E-state index is 5.69. The number of unbranched alkanes of at least 4 members (excludes halogenated alkanes) is 7. The fourth-order valence-electron chi connectivity index (χ4n) is 2.50. The highest BCUT2D eigenvalue weighted by molar-refractivity contribution is 5.73. The van der Waals surface area contributed by atoms with E-state index < -0.39 is 0 Å². The Balaban J connectivity index is 1.52. The van der Waals surface area contributed by atoms with Gasteiger partial charge in [-0.25, -0.2) is 4.68 Å². The molecule has 0 N–H and O–H groups in total. The smallest absolute Gasteiger partial charge is 0.141 e. The number of ether oxygens (including phenoxy) is 1. The van der Waals surface area contributed by atoms with Crippen molar-refractivity contribution in [3.05, 3.63) is 24.3 Å². The van der Waals surface area contributed by atoms with E-state index in [1.54, 1.807) is 0 Å². The predicted octanol–water partition coefficient (Wildman–Crippen LogP) is 4.55. The fraction of sp³-hybridized carbons (Fsp3) is 0.647. The molecule has 0 saturated carbocycles. The van der Waals surface area contributed by atoms with E-state index in [2.05, 4.69) is 17.2 Å². The highest BCUT2D eigenvalue weighted by atomic mass is 16.5. The monoisotopic (exact) mass is 289 g/mol. The first-order valence-corrected chi connectivity index (χ1v) is 8.28. The minimum Gasteiger partial charge on any atom is -0.359 e. The third-order valence-corrected chi connectivity index (χ3v) is 3.78. The van der Waals surface area contributed by atoms with Crippen LogP contribution in [0.15, 0.2) is 24.3 Å². The Morgan fingerprint density at radius 3 is 2.48 bits per heavy atom. The summed E-state index contributed by atoms with van der Waals surface area (Å²) in [5, 5.41) is 8.23. The topological polar surface area (TPSA) is 39.9 Å². The van der Waals surface area contributed by atoms with Gasteiger partial charge in [-0.05, 0) is 18.6 Å². The molecule has 2 rings (SSSR count). The van der Waals surface area contributed by atoms with Crippen LogP contribution in [0.5, 0.6) is 0 Å². The summed E-state index contributed by atoms with van der Waals surface area (Å²) < 4.78 is 7.51. The van der Waals surface area contributed by atoms with Gasteiger partial charge in [0, 0.05) is 6.61 Å². The number of para-hydroxylation sites is 1. The molecule has 1 aromatic carbocycles. The molecule has 0 amide bonds. The number of benzene rings is 1. The van der Waals surface area contributed by atoms with E-state index >= 15 is 0 Å². The van der Waals surface area contributed by atoms with Crippen molar-refractivity contribution in [1.82, 2.24) is 15.0 Å². The quantitative estimate of drug-likeness (QED) is 0.570. The molecule has 0 bridgehead atoms. The van der Waals surface area contributed by atoms with Crippen LogP contribution in [0.2, 0.25) is 0 Å². The van der Waals surface area contributed by atoms with Crippen LogP contribution in [0, 0.1) is 0 Å². The first-order valence-electron chi connectivity index (χ1n) is 8.28. The minimum atomic E-state index is 0.497. The molecule has 0 unspecified atom stereocenters. The van der Waals surface area contributed by atoms with Crippen LogP contribution in [0.25, 0.3) is 11.0 Å². The molecule has 0 aliphatic rings. The summed E-state index contributed by atoms with van der Waals surface area (Å²) in [4.78, 5) is 0. The fourth-order valence-corrected chi connectivity index (χ4v) is 2.50. The second-order valence-electron chi connectivity index (χ2n) is 5.59. The van der Waals surface area contributed by atoms with E-state index in [-0.39, 0.29) is 0 Å². The van der Waals surface area contributed by atoms with Gasteiger partial charge in [-0.1, -0.05) is 69.2 Å². The number of fused-ring (bicyclic) bond motifs is 1. The molecule has 0 atom stereocenters. The van der Waals surface area contributed by atoms with Crippen molar-refractivity contribution in [2.75, 3.05) is 6.61 Å². The van der Waals surface area contributed by atoms with Gasteiger partial charge in [0.1, 0.15) is 12.2 Å². The van der Waals surface area contributed by atoms with Gasteiger partial charge < -0.3 is 4.74 Å². The van der Waals surface area contributed by atoms with E-state index in [1.807, 2.05) is 28.9 Å². The van der Waals surface area contributed by atoms with Crippen LogP contribution in [0.1, 0.15) is 58.3 Å². The number of hydrogen-bond acceptors (Lipinski definition) is 3. The van der Waals surface area contributed by atoms with Crippen molar-refractivity contribution in [2.45, 2.75) is 65.0 Å². The van der Waals surface area contributed by atoms with Gasteiger partial charge in [0.05, 0.1) is 5.52 Å². The van der Waals surface area contributed by atoms with Gasteiger partial charge in [-0.2, -0.15) is 0 Å². The second kappa shape index (κ2) is 9.50. The Labute approximate surface area is 127 Å². The molecule has 0 aliphatic carbocycles. The zero-order valence-corrected chi connectivity index (χ0v) is 13.1. The van der Waals surface area contributed by atoms with Crippen molar-refractivity contribution in [3.63, 3.8) is 0 Å². The summed E-state index contributed by atoms with van der Waals surface area (Å²) in [6.07, 6.45) is 10.6. The summed E-state index contributed by atoms with van der Waals surface area (Å²) in [7, 11) is 0. The Bertz CT molecular complexity index is 509. The maximum atomic E-state index is 5.69. The lowest BCUT2D eigenvalue weighted by atomic mass is 10.1. The van der Waals surface area contributed by atoms with Crippen molar-refractivity contribution < 1.29 is 4.74 Å². The number of aromatic nitrogens is 3. The number of rotatable bonds is 11. The van der Waals surface area contributed by atoms with Crippen molar-refractivity contribution in [2.24, 2.45) is 0 Å². The zero-order valence-electron chi connectivity index (χ0n) is 13.1. The molecule has 21 heavy (non-hydrogen) atoms. The van der Waals surface area contributed by atoms with Crippen LogP contribution in [0.4, 0.5) is 0 Å². The predicted molar refractivity (Wildman–Crippen MR) is 86.1 cm³/mol. The van der Waals surface area contributed by atoms with Crippen LogP contribution < -0.4 is 0 Å². The molecule has 0 radical (unpaired) electrons. The molecular formula is C17H27N3O. The molecule has 1 aromatic heterocycles. The van der Waals surface area contributed by atoms with Gasteiger partial charge >= 0.3 is 0 Å². The van der Waals surface area contributed by atoms with Gasteiger partial charge in [0.15, 0.2) is 0 Å². The standard InChI is InChI=1S/C17H27N3O/c1-2-3-4-5-6-7-8-11-14-21-15-20-17-13-10-9-12-16(17)18-19-20/h9-10,12-13H,2-8,11,14-15H2,1H3. The Kier molecular flexibility index (Phi) is 7.22. The Morgan fingerprint density at radius 1 is 0.952 bits per heavy atom. The number of hydrogen-bond donors (Lipinski definition) is 0. The summed E-state index contributed by atoms with van der Waals surface area (Å²) in [6.45, 7) is 3.57. The second-order valence-corrected chi connectivity index (χ2v) is 5.59. The average molecular weight is 289 g/mol. The average Bonchev–Trinajstić information content (AvgIpc) is 2.92. The maximum Gasteiger partial charge on any atom is 0.141 e. The highest BCUT2D eigenvalue weighted by Crippen LogP contribution is 2.10. The van der Waals surface area contributed by atoms with Gasteiger partial charge in [0.2, 0.25) is 0 Å². The SMILES string of the molecule is CCCCCCCCCCOCn1nnc2ccccc21. The first-order chi connectivity index (χ1) is 10.4. The van der Waals surface area contributed by atoms with Gasteiger partial charge in [-0.15, -0.1) is 5.10 Å². The van der Waals surface area contributed by atoms with Crippen molar-refractivity contribution >= 4 is 11.0 Å². The van der Waals surface area contributed by atoms with Gasteiger partial charge in [-0.3, -0.25) is 0 Å². The third-order valence-electron chi connectivity index (χ3n) is 3.78. The molecule has 0 saturated heterocycles. The Hall–Kier alpha value is -1.42. The molecule has 116 valence electrons. The van der Waals surface area contributed by atoms with E-state index in [9.17, 15) is 0 Å². The van der Waals surface area contributed by atoms with Gasteiger partial charge in [0.25, 0.3) is 0 Å². The van der Waals surface area contributed by atoms with E-state index in [4.69, 9.17) is 4.74 Å². The molecular weight excluding hydrogens is 262 g/mol. The highest BCUT2D eigenvalue weighted by Gasteiger charge is 2.02. The lowest BCUT2D eigenvalue weighted by Crippen LogP contribution is -2.05. The summed E-state index contributed by atoms with van der Waals surface area (Å²) in [5.41, 5.74) is 1.96. The molecule has 0 spiro atoms. The van der Waals surface area contributed by atoms with Crippen molar-refractivity contribution in [1.29, 1.82) is 0 Å². The van der Waals surface area contributed by atoms with Crippen LogP contribution in [-0.2, 0) is 11.5 Å². The Morgan fingerprint density at radius 2 is 1.67 bits per heavy atom. The molecule has 0 aliphatic heterocycles. The molecule has 4 heteroatoms. The largest absolute Gasteiger partial charge is 0.359 e. The lowest BCUT2D eigenvalue weighted by Gasteiger charge is -2.05. The van der Waals surface area contributed by atoms with E-state index in [0.717, 1.165) is 24.1 Å². The summed E-state index contributed by atoms with van der Waals surface area (Å²) >= 11 is 0. The normalized spacial score (nSPS) is 11.3. The van der Waals surface area contributed by atoms with Crippen LogP contribution in [0.3, 0.4) is 0 Å². The van der Waals surface area contributed by atoms with E-state index in [1.165, 1.54) is 44.9 Å².